The minimum Gasteiger partial charge on any atom is -0.399 e. The molecule has 4 rings (SSSR count). The Morgan fingerprint density at radius 3 is 2.67 bits per heavy atom. The molecule has 2 heterocycles. The first-order valence-electron chi connectivity index (χ1n) is 7.40. The summed E-state index contributed by atoms with van der Waals surface area (Å²) in [6.07, 6.45) is 2.92. The average molecular weight is 298 g/mol. The maximum absolute atomic E-state index is 13.0. The highest BCUT2D eigenvalue weighted by atomic mass is 32.1. The highest BCUT2D eigenvalue weighted by Crippen LogP contribution is 2.50. The number of nitrogens with zero attached hydrogens (tertiary/aromatic N) is 1. The fraction of sp³-hybridized carbons (Fsp3) is 0.353. The Morgan fingerprint density at radius 2 is 1.95 bits per heavy atom. The van der Waals surface area contributed by atoms with Crippen LogP contribution in [0.3, 0.4) is 0 Å². The number of hydrogen-bond acceptors (Lipinski definition) is 3. The molecule has 0 radical (unpaired) electrons. The standard InChI is InChI=1S/C17H18N2OS/c18-14-3-1-13(2-4-14)17(7-8-17)16(20)19-9-5-15-12(11-19)6-10-21-15/h1-4,6,10H,5,7-9,11,18H2. The Hall–Kier alpha value is -1.81. The topological polar surface area (TPSA) is 46.3 Å². The molecule has 2 aromatic rings. The summed E-state index contributed by atoms with van der Waals surface area (Å²) in [4.78, 5) is 16.5. The lowest BCUT2D eigenvalue weighted by atomic mass is 9.93. The van der Waals surface area contributed by atoms with E-state index >= 15 is 0 Å². The van der Waals surface area contributed by atoms with Gasteiger partial charge in [0, 0.05) is 23.7 Å². The number of hydrogen-bond donors (Lipinski definition) is 1. The van der Waals surface area contributed by atoms with Gasteiger partial charge < -0.3 is 10.6 Å². The van der Waals surface area contributed by atoms with Gasteiger partial charge in [-0.05, 0) is 54.0 Å². The monoisotopic (exact) mass is 298 g/mol. The maximum Gasteiger partial charge on any atom is 0.233 e. The van der Waals surface area contributed by atoms with Crippen LogP contribution in [-0.2, 0) is 23.2 Å². The number of benzene rings is 1. The first-order chi connectivity index (χ1) is 10.2. The molecule has 0 unspecified atom stereocenters. The number of carbonyl (C=O) groups is 1. The summed E-state index contributed by atoms with van der Waals surface area (Å²) >= 11 is 1.81. The van der Waals surface area contributed by atoms with E-state index in [1.165, 1.54) is 10.4 Å². The largest absolute Gasteiger partial charge is 0.399 e. The quantitative estimate of drug-likeness (QED) is 0.867. The van der Waals surface area contributed by atoms with Crippen molar-refractivity contribution in [3.63, 3.8) is 0 Å². The zero-order valence-electron chi connectivity index (χ0n) is 11.8. The number of anilines is 1. The number of carbonyl (C=O) groups excluding carboxylic acids is 1. The molecular weight excluding hydrogens is 280 g/mol. The van der Waals surface area contributed by atoms with E-state index in [9.17, 15) is 4.79 Å². The van der Waals surface area contributed by atoms with E-state index in [-0.39, 0.29) is 5.41 Å². The third-order valence-electron chi connectivity index (χ3n) is 4.72. The second-order valence-corrected chi connectivity index (χ2v) is 7.05. The number of fused-ring (bicyclic) bond motifs is 1. The SMILES string of the molecule is Nc1ccc(C2(C(=O)N3CCc4sccc4C3)CC2)cc1. The van der Waals surface area contributed by atoms with Crippen molar-refractivity contribution in [3.05, 3.63) is 51.7 Å². The van der Waals surface area contributed by atoms with Crippen LogP contribution in [-0.4, -0.2) is 17.4 Å². The Kier molecular flexibility index (Phi) is 2.82. The predicted octanol–water partition coefficient (Wildman–Crippen LogP) is 2.95. The van der Waals surface area contributed by atoms with Crippen molar-refractivity contribution < 1.29 is 4.79 Å². The third-order valence-corrected chi connectivity index (χ3v) is 5.74. The fourth-order valence-corrected chi connectivity index (χ4v) is 4.17. The van der Waals surface area contributed by atoms with Crippen molar-refractivity contribution in [1.82, 2.24) is 4.90 Å². The third kappa shape index (κ3) is 2.05. The van der Waals surface area contributed by atoms with Crippen LogP contribution in [0.25, 0.3) is 0 Å². The number of nitrogen functional groups attached to an aromatic ring is 1. The Morgan fingerprint density at radius 1 is 1.19 bits per heavy atom. The molecular formula is C17H18N2OS. The molecule has 108 valence electrons. The fourth-order valence-electron chi connectivity index (χ4n) is 3.28. The van der Waals surface area contributed by atoms with Crippen LogP contribution in [0.1, 0.15) is 28.8 Å². The molecule has 0 spiro atoms. The van der Waals surface area contributed by atoms with Crippen LogP contribution in [0.2, 0.25) is 0 Å². The van der Waals surface area contributed by atoms with Gasteiger partial charge in [0.05, 0.1) is 5.41 Å². The molecule has 1 fully saturated rings. The second-order valence-electron chi connectivity index (χ2n) is 6.05. The predicted molar refractivity (Wildman–Crippen MR) is 85.2 cm³/mol. The molecule has 1 amide bonds. The summed E-state index contributed by atoms with van der Waals surface area (Å²) in [5, 5.41) is 2.13. The van der Waals surface area contributed by atoms with Crippen molar-refractivity contribution in [2.75, 3.05) is 12.3 Å². The summed E-state index contributed by atoms with van der Waals surface area (Å²) in [6.45, 7) is 1.62. The van der Waals surface area contributed by atoms with E-state index in [0.29, 0.717) is 5.91 Å². The molecule has 0 atom stereocenters. The van der Waals surface area contributed by atoms with Gasteiger partial charge in [0.2, 0.25) is 5.91 Å². The molecule has 0 bridgehead atoms. The van der Waals surface area contributed by atoms with Crippen molar-refractivity contribution in [1.29, 1.82) is 0 Å². The number of nitrogens with two attached hydrogens (primary N) is 1. The minimum absolute atomic E-state index is 0.277. The van der Waals surface area contributed by atoms with Gasteiger partial charge in [-0.15, -0.1) is 11.3 Å². The average Bonchev–Trinajstić information content (AvgIpc) is 3.18. The molecule has 4 heteroatoms. The van der Waals surface area contributed by atoms with Crippen LogP contribution < -0.4 is 5.73 Å². The van der Waals surface area contributed by atoms with Crippen molar-refractivity contribution in [2.45, 2.75) is 31.2 Å². The van der Waals surface area contributed by atoms with Gasteiger partial charge in [-0.1, -0.05) is 12.1 Å². The smallest absolute Gasteiger partial charge is 0.233 e. The number of amides is 1. The van der Waals surface area contributed by atoms with Crippen LogP contribution in [0.15, 0.2) is 35.7 Å². The van der Waals surface area contributed by atoms with E-state index in [4.69, 9.17) is 5.73 Å². The van der Waals surface area contributed by atoms with Crippen LogP contribution >= 0.6 is 11.3 Å². The number of thiophene rings is 1. The zero-order chi connectivity index (χ0) is 14.4. The summed E-state index contributed by atoms with van der Waals surface area (Å²) in [5.74, 6) is 0.295. The van der Waals surface area contributed by atoms with Crippen LogP contribution in [0.4, 0.5) is 5.69 Å². The Labute approximate surface area is 128 Å². The summed E-state index contributed by atoms with van der Waals surface area (Å²) in [6, 6.07) is 9.98. The molecule has 1 aliphatic carbocycles. The van der Waals surface area contributed by atoms with Gasteiger partial charge in [-0.3, -0.25) is 4.79 Å². The highest BCUT2D eigenvalue weighted by molar-refractivity contribution is 7.10. The molecule has 1 aromatic carbocycles. The molecule has 1 aromatic heterocycles. The molecule has 2 N–H and O–H groups in total. The zero-order valence-corrected chi connectivity index (χ0v) is 12.7. The Bertz CT molecular complexity index is 685. The van der Waals surface area contributed by atoms with Gasteiger partial charge in [-0.2, -0.15) is 0 Å². The summed E-state index contributed by atoms with van der Waals surface area (Å²) in [5.41, 5.74) is 8.68. The van der Waals surface area contributed by atoms with Crippen molar-refractivity contribution >= 4 is 22.9 Å². The normalized spacial score (nSPS) is 19.1. The van der Waals surface area contributed by atoms with Crippen LogP contribution in [0.5, 0.6) is 0 Å². The minimum atomic E-state index is -0.277. The van der Waals surface area contributed by atoms with Gasteiger partial charge in [0.1, 0.15) is 0 Å². The lowest BCUT2D eigenvalue weighted by Gasteiger charge is -2.31. The number of rotatable bonds is 2. The maximum atomic E-state index is 13.0. The molecule has 0 saturated heterocycles. The van der Waals surface area contributed by atoms with E-state index in [1.807, 2.05) is 40.5 Å². The Balaban J connectivity index is 1.59. The lowest BCUT2D eigenvalue weighted by Crippen LogP contribution is -2.41. The summed E-state index contributed by atoms with van der Waals surface area (Å²) in [7, 11) is 0. The molecule has 1 saturated carbocycles. The molecule has 2 aliphatic rings. The van der Waals surface area contributed by atoms with Crippen molar-refractivity contribution in [3.8, 4) is 0 Å². The second kappa shape index (κ2) is 4.60. The molecule has 3 nitrogen and oxygen atoms in total. The van der Waals surface area contributed by atoms with Crippen LogP contribution in [0, 0.1) is 0 Å². The first kappa shape index (κ1) is 12.9. The lowest BCUT2D eigenvalue weighted by molar-refractivity contribution is -0.134. The first-order valence-corrected chi connectivity index (χ1v) is 8.28. The van der Waals surface area contributed by atoms with Gasteiger partial charge in [0.15, 0.2) is 0 Å². The molecule has 21 heavy (non-hydrogen) atoms. The van der Waals surface area contributed by atoms with E-state index < -0.39 is 0 Å². The summed E-state index contributed by atoms with van der Waals surface area (Å²) < 4.78 is 0. The van der Waals surface area contributed by atoms with E-state index in [1.54, 1.807) is 0 Å². The van der Waals surface area contributed by atoms with Gasteiger partial charge >= 0.3 is 0 Å². The molecule has 1 aliphatic heterocycles. The van der Waals surface area contributed by atoms with Crippen molar-refractivity contribution in [2.24, 2.45) is 0 Å². The van der Waals surface area contributed by atoms with Gasteiger partial charge in [-0.25, -0.2) is 0 Å². The van der Waals surface area contributed by atoms with Gasteiger partial charge in [0.25, 0.3) is 0 Å². The highest BCUT2D eigenvalue weighted by Gasteiger charge is 2.53. The van der Waals surface area contributed by atoms with E-state index in [0.717, 1.165) is 43.6 Å². The van der Waals surface area contributed by atoms with E-state index in [2.05, 4.69) is 11.4 Å².